The van der Waals surface area contributed by atoms with Crippen molar-refractivity contribution in [2.24, 2.45) is 5.73 Å². The van der Waals surface area contributed by atoms with Gasteiger partial charge >= 0.3 is 21.5 Å². The smallest absolute Gasteiger partial charge is 0.481 e. The zero-order valence-electron chi connectivity index (χ0n) is 21.9. The molecule has 0 radical (unpaired) electrons. The highest BCUT2D eigenvalue weighted by atomic mass is 31.3. The molecule has 1 aliphatic heterocycles. The summed E-state index contributed by atoms with van der Waals surface area (Å²) in [6.45, 7) is -1.97. The maximum Gasteiger partial charge on any atom is 0.481 e. The van der Waals surface area contributed by atoms with E-state index < -0.39 is 82.4 Å². The van der Waals surface area contributed by atoms with Crippen molar-refractivity contribution < 1.29 is 71.2 Å². The van der Waals surface area contributed by atoms with Gasteiger partial charge in [-0.05, 0) is 6.07 Å². The number of aliphatic hydroxyl groups is 2. The van der Waals surface area contributed by atoms with Crippen LogP contribution in [0.3, 0.4) is 0 Å². The molecule has 2 unspecified atom stereocenters. The van der Waals surface area contributed by atoms with Crippen LogP contribution in [-0.4, -0.2) is 80.6 Å². The summed E-state index contributed by atoms with van der Waals surface area (Å²) in [5.74, 6) is -3.54. The Hall–Kier alpha value is -4.01. The summed E-state index contributed by atoms with van der Waals surface area (Å²) in [4.78, 5) is 43.2. The molecule has 44 heavy (non-hydrogen) atoms. The van der Waals surface area contributed by atoms with Gasteiger partial charge in [0, 0.05) is 6.07 Å². The van der Waals surface area contributed by atoms with E-state index in [9.17, 15) is 44.1 Å². The molecule has 0 aromatic carbocycles. The van der Waals surface area contributed by atoms with E-state index in [1.807, 2.05) is 0 Å². The number of phosphoric ester groups is 2. The summed E-state index contributed by atoms with van der Waals surface area (Å²) in [5, 5.41) is 41.2. The number of nitrogens with two attached hydrogens (primary N) is 2. The number of anilines is 1. The predicted octanol–water partition coefficient (Wildman–Crippen LogP) is -1.14. The first kappa shape index (κ1) is 31.4. The number of aromatic hydroxyl groups is 2. The molecule has 0 saturated carbocycles. The number of amides is 1. The van der Waals surface area contributed by atoms with Gasteiger partial charge in [-0.15, -0.1) is 4.57 Å². The number of furan rings is 1. The average molecular weight is 660 g/mol. The Kier molecular flexibility index (Phi) is 8.44. The number of pyridine rings is 1. The number of phosphoric acid groups is 2. The van der Waals surface area contributed by atoms with Crippen LogP contribution in [0.15, 0.2) is 41.6 Å². The number of fused-ring (bicyclic) bond motifs is 1. The van der Waals surface area contributed by atoms with Gasteiger partial charge in [0.25, 0.3) is 11.7 Å². The van der Waals surface area contributed by atoms with Crippen LogP contribution >= 0.6 is 15.6 Å². The number of nitrogen functional groups attached to an aromatic ring is 1. The van der Waals surface area contributed by atoms with Crippen LogP contribution in [0, 0.1) is 0 Å². The minimum atomic E-state index is -5.42. The number of carbonyl (C=O) groups excluding carboxylic acids is 1. The molecule has 10 N–H and O–H groups in total. The third kappa shape index (κ3) is 6.28. The summed E-state index contributed by atoms with van der Waals surface area (Å²) in [6.07, 6.45) is -1.15. The SMILES string of the molecule is NC(=O)c1ccc[n+](-c2oc(COP(=O)(O)OP(=O)(O)OC[C@H]3O[C@@H](n4cnc5c(N)ncnc54)[C@H](O)[C@@H]3O)c(O)c2O)c1. The van der Waals surface area contributed by atoms with Crippen LogP contribution < -0.4 is 16.0 Å². The number of rotatable bonds is 11. The van der Waals surface area contributed by atoms with Crippen molar-refractivity contribution in [3.05, 3.63) is 48.5 Å². The van der Waals surface area contributed by atoms with Gasteiger partial charge in [-0.25, -0.2) is 24.1 Å². The first-order chi connectivity index (χ1) is 20.7. The first-order valence-electron chi connectivity index (χ1n) is 12.1. The zero-order chi connectivity index (χ0) is 32.0. The molecule has 1 aliphatic rings. The van der Waals surface area contributed by atoms with Crippen molar-refractivity contribution in [2.75, 3.05) is 12.3 Å². The fourth-order valence-electron chi connectivity index (χ4n) is 4.11. The number of aromatic nitrogens is 5. The molecule has 0 bridgehead atoms. The van der Waals surface area contributed by atoms with E-state index in [0.717, 1.165) is 10.9 Å². The Morgan fingerprint density at radius 1 is 1.09 bits per heavy atom. The second-order valence-electron chi connectivity index (χ2n) is 9.11. The number of primary amides is 1. The third-order valence-corrected chi connectivity index (χ3v) is 8.78. The van der Waals surface area contributed by atoms with E-state index in [1.54, 1.807) is 0 Å². The predicted molar refractivity (Wildman–Crippen MR) is 139 cm³/mol. The molecular formula is C21H24N7O14P2+. The fraction of sp³-hybridized carbons (Fsp3) is 0.286. The van der Waals surface area contributed by atoms with E-state index in [2.05, 4.69) is 28.3 Å². The number of carbonyl (C=O) groups is 1. The Bertz CT molecular complexity index is 1810. The van der Waals surface area contributed by atoms with Gasteiger partial charge in [-0.1, -0.05) is 0 Å². The number of hydrogen-bond acceptors (Lipinski definition) is 16. The van der Waals surface area contributed by atoms with Gasteiger partial charge in [0.15, 0.2) is 35.8 Å². The van der Waals surface area contributed by atoms with Crippen molar-refractivity contribution in [1.82, 2.24) is 19.5 Å². The van der Waals surface area contributed by atoms with Gasteiger partial charge < -0.3 is 50.8 Å². The van der Waals surface area contributed by atoms with E-state index in [4.69, 9.17) is 20.6 Å². The van der Waals surface area contributed by atoms with Crippen molar-refractivity contribution in [3.63, 3.8) is 0 Å². The number of hydrogen-bond donors (Lipinski definition) is 8. The largest absolute Gasteiger partial charge is 0.502 e. The first-order valence-corrected chi connectivity index (χ1v) is 15.1. The van der Waals surface area contributed by atoms with Crippen LogP contribution in [0.4, 0.5) is 5.82 Å². The van der Waals surface area contributed by atoms with E-state index in [0.29, 0.717) is 0 Å². The van der Waals surface area contributed by atoms with Crippen LogP contribution in [0.1, 0.15) is 22.3 Å². The quantitative estimate of drug-likeness (QED) is 0.0696. The van der Waals surface area contributed by atoms with Gasteiger partial charge in [0.2, 0.25) is 5.75 Å². The Balaban J connectivity index is 1.20. The summed E-state index contributed by atoms with van der Waals surface area (Å²) < 4.78 is 51.4. The summed E-state index contributed by atoms with van der Waals surface area (Å²) >= 11 is 0. The highest BCUT2D eigenvalue weighted by molar-refractivity contribution is 7.61. The number of ether oxygens (including phenoxy) is 1. The highest BCUT2D eigenvalue weighted by Crippen LogP contribution is 2.61. The Morgan fingerprint density at radius 3 is 2.55 bits per heavy atom. The summed E-state index contributed by atoms with van der Waals surface area (Å²) in [5.41, 5.74) is 11.3. The highest BCUT2D eigenvalue weighted by Gasteiger charge is 2.46. The molecule has 5 rings (SSSR count). The molecular weight excluding hydrogens is 636 g/mol. The van der Waals surface area contributed by atoms with Gasteiger partial charge in [-0.2, -0.15) is 4.31 Å². The molecule has 1 fully saturated rings. The number of aliphatic hydroxyl groups excluding tert-OH is 2. The molecule has 0 spiro atoms. The van der Waals surface area contributed by atoms with Crippen LogP contribution in [0.2, 0.25) is 0 Å². The van der Waals surface area contributed by atoms with Gasteiger partial charge in [0.1, 0.15) is 42.3 Å². The summed E-state index contributed by atoms with van der Waals surface area (Å²) in [6, 6.07) is 2.75. The number of imidazole rings is 1. The maximum atomic E-state index is 12.4. The lowest BCUT2D eigenvalue weighted by molar-refractivity contribution is -0.610. The van der Waals surface area contributed by atoms with E-state index in [1.165, 1.54) is 35.4 Å². The Labute approximate surface area is 244 Å². The lowest BCUT2D eigenvalue weighted by atomic mass is 10.1. The lowest BCUT2D eigenvalue weighted by Crippen LogP contribution is -2.33. The number of nitrogens with zero attached hydrogens (tertiary/aromatic N) is 5. The molecule has 6 atom stereocenters. The average Bonchev–Trinajstić information content (AvgIpc) is 3.61. The van der Waals surface area contributed by atoms with E-state index >= 15 is 0 Å². The molecule has 4 aromatic rings. The maximum absolute atomic E-state index is 12.4. The second-order valence-corrected chi connectivity index (χ2v) is 12.2. The van der Waals surface area contributed by atoms with Crippen molar-refractivity contribution >= 4 is 38.5 Å². The third-order valence-electron chi connectivity index (χ3n) is 6.20. The van der Waals surface area contributed by atoms with Crippen molar-refractivity contribution in [1.29, 1.82) is 0 Å². The van der Waals surface area contributed by atoms with Crippen LogP contribution in [0.25, 0.3) is 17.0 Å². The minimum absolute atomic E-state index is 0.0167. The second kappa shape index (κ2) is 11.8. The molecule has 1 amide bonds. The molecule has 21 nitrogen and oxygen atoms in total. The van der Waals surface area contributed by atoms with Gasteiger partial charge in [0.05, 0.1) is 12.9 Å². The molecule has 23 heteroatoms. The normalized spacial score (nSPS) is 23.0. The molecule has 1 saturated heterocycles. The molecule has 5 heterocycles. The van der Waals surface area contributed by atoms with Crippen LogP contribution in [0.5, 0.6) is 11.5 Å². The minimum Gasteiger partial charge on any atom is -0.502 e. The zero-order valence-corrected chi connectivity index (χ0v) is 23.7. The summed E-state index contributed by atoms with van der Waals surface area (Å²) in [7, 11) is -10.8. The molecule has 0 aliphatic carbocycles. The Morgan fingerprint density at radius 2 is 1.82 bits per heavy atom. The monoisotopic (exact) mass is 660 g/mol. The molecule has 236 valence electrons. The lowest BCUT2D eigenvalue weighted by Gasteiger charge is -2.19. The van der Waals surface area contributed by atoms with Crippen LogP contribution in [-0.2, 0) is 33.8 Å². The van der Waals surface area contributed by atoms with Crippen molar-refractivity contribution in [2.45, 2.75) is 31.1 Å². The van der Waals surface area contributed by atoms with Gasteiger partial charge in [-0.3, -0.25) is 18.4 Å². The topological polar surface area (TPSA) is 322 Å². The molecule has 4 aromatic heterocycles. The fourth-order valence-corrected chi connectivity index (χ4v) is 6.14. The van der Waals surface area contributed by atoms with Crippen molar-refractivity contribution in [3.8, 4) is 17.4 Å². The standard InChI is InChI=1S/C21H23N7O14P2/c22-17-12-19(25-7-24-17)28(8-26-12)21-16(32)14(30)11(41-21)6-39-44(36,37)42-43(34,35)38-5-10-13(29)15(31)20(40-10)27-3-1-2-9(4-27)18(23)33/h1-4,7-8,11,14,16,21,30,32H,5-6H2,(H7-,22,23,24,25,29,31,33,34,35,36,37)/p+1/t11-,14-,16-,21-/m1/s1. The van der Waals surface area contributed by atoms with E-state index in [-0.39, 0.29) is 22.5 Å².